The summed E-state index contributed by atoms with van der Waals surface area (Å²) in [6, 6.07) is 5.46. The number of nitrogens with zero attached hydrogens (tertiary/aromatic N) is 1. The van der Waals surface area contributed by atoms with E-state index in [0.29, 0.717) is 10.0 Å². The third-order valence-corrected chi connectivity index (χ3v) is 4.32. The molecule has 5 heteroatoms. The number of hydrogen-bond donors (Lipinski definition) is 1. The molecule has 0 unspecified atom stereocenters. The summed E-state index contributed by atoms with van der Waals surface area (Å²) in [6.07, 6.45) is 7.92. The zero-order chi connectivity index (χ0) is 16.2. The largest absolute Gasteiger partial charge is 0.335 e. The van der Waals surface area contributed by atoms with E-state index in [1.54, 1.807) is 17.8 Å². The molecule has 0 amide bonds. The number of allylic oxidation sites excluding steroid dienone is 1. The summed E-state index contributed by atoms with van der Waals surface area (Å²) in [7, 11) is 0. The van der Waals surface area contributed by atoms with Crippen molar-refractivity contribution in [3.8, 4) is 0 Å². The van der Waals surface area contributed by atoms with E-state index >= 15 is 0 Å². The van der Waals surface area contributed by atoms with E-state index in [1.165, 1.54) is 0 Å². The number of benzene rings is 1. The van der Waals surface area contributed by atoms with Crippen LogP contribution in [0.3, 0.4) is 0 Å². The highest BCUT2D eigenvalue weighted by Crippen LogP contribution is 2.24. The third-order valence-electron chi connectivity index (χ3n) is 2.89. The second kappa shape index (κ2) is 7.40. The molecule has 0 saturated carbocycles. The van der Waals surface area contributed by atoms with Gasteiger partial charge in [0.05, 0.1) is 5.54 Å². The number of rotatable bonds is 4. The zero-order valence-corrected chi connectivity index (χ0v) is 14.9. The van der Waals surface area contributed by atoms with Gasteiger partial charge in [0.2, 0.25) is 0 Å². The van der Waals surface area contributed by atoms with Gasteiger partial charge in [-0.2, -0.15) is 0 Å². The lowest BCUT2D eigenvalue weighted by molar-refractivity contribution is 0.639. The van der Waals surface area contributed by atoms with Gasteiger partial charge in [-0.15, -0.1) is 6.58 Å². The number of thioether (sulfide) groups is 1. The Kier molecular flexibility index (Phi) is 5.79. The van der Waals surface area contributed by atoms with Gasteiger partial charge in [-0.25, -0.2) is 0 Å². The van der Waals surface area contributed by atoms with Gasteiger partial charge in [-0.1, -0.05) is 53.2 Å². The summed E-state index contributed by atoms with van der Waals surface area (Å²) in [5.41, 5.74) is 1.69. The van der Waals surface area contributed by atoms with Gasteiger partial charge in [0.1, 0.15) is 0 Å². The van der Waals surface area contributed by atoms with E-state index in [-0.39, 0.29) is 5.54 Å². The number of nitrogens with one attached hydrogen (secondary N) is 1. The smallest absolute Gasteiger partial charge is 0.162 e. The standard InChI is InChI=1S/C17H18Cl2N2S/c1-4-9-22-16-20-14(11-17(2,3)21-16)8-6-12-5-7-13(18)10-15(12)19/h4-8,10-11H,1,9H2,2-3H3,(H,20,21)/b8-6+. The molecule has 1 aromatic rings. The minimum atomic E-state index is -0.238. The molecule has 0 saturated heterocycles. The lowest BCUT2D eigenvalue weighted by Gasteiger charge is -2.25. The first-order valence-corrected chi connectivity index (χ1v) is 8.60. The molecule has 116 valence electrons. The fraction of sp³-hybridized carbons (Fsp3) is 0.235. The molecule has 1 aliphatic heterocycles. The van der Waals surface area contributed by atoms with E-state index in [1.807, 2.05) is 30.4 Å². The Morgan fingerprint density at radius 2 is 2.09 bits per heavy atom. The van der Waals surface area contributed by atoms with Crippen molar-refractivity contribution in [1.29, 1.82) is 0 Å². The van der Waals surface area contributed by atoms with Crippen molar-refractivity contribution in [2.24, 2.45) is 4.99 Å². The quantitative estimate of drug-likeness (QED) is 0.718. The van der Waals surface area contributed by atoms with Crippen LogP contribution < -0.4 is 5.32 Å². The average Bonchev–Trinajstić information content (AvgIpc) is 2.42. The van der Waals surface area contributed by atoms with Crippen LogP contribution in [0.25, 0.3) is 6.08 Å². The average molecular weight is 353 g/mol. The topological polar surface area (TPSA) is 24.4 Å². The molecule has 0 bridgehead atoms. The van der Waals surface area contributed by atoms with Crippen molar-refractivity contribution in [3.05, 3.63) is 64.3 Å². The molecular weight excluding hydrogens is 335 g/mol. The Bertz CT molecular complexity index is 661. The Hall–Kier alpha value is -1.16. The van der Waals surface area contributed by atoms with Crippen LogP contribution in [0.15, 0.2) is 53.7 Å². The maximum absolute atomic E-state index is 6.19. The normalized spacial score (nSPS) is 16.9. The Balaban J connectivity index is 2.16. The summed E-state index contributed by atoms with van der Waals surface area (Å²) < 4.78 is 0. The van der Waals surface area contributed by atoms with Crippen molar-refractivity contribution < 1.29 is 0 Å². The van der Waals surface area contributed by atoms with E-state index in [4.69, 9.17) is 23.2 Å². The van der Waals surface area contributed by atoms with Crippen LogP contribution in [0.1, 0.15) is 19.4 Å². The van der Waals surface area contributed by atoms with Crippen molar-refractivity contribution in [3.63, 3.8) is 0 Å². The first-order valence-electron chi connectivity index (χ1n) is 6.86. The molecule has 1 N–H and O–H groups in total. The highest BCUT2D eigenvalue weighted by atomic mass is 35.5. The predicted octanol–water partition coefficient (Wildman–Crippen LogP) is 5.55. The molecule has 22 heavy (non-hydrogen) atoms. The van der Waals surface area contributed by atoms with Gasteiger partial charge in [0.25, 0.3) is 0 Å². The lowest BCUT2D eigenvalue weighted by atomic mass is 10.0. The van der Waals surface area contributed by atoms with Crippen LogP contribution in [0, 0.1) is 0 Å². The molecule has 0 fully saturated rings. The van der Waals surface area contributed by atoms with Crippen molar-refractivity contribution in [1.82, 2.24) is 5.32 Å². The molecule has 0 aliphatic carbocycles. The monoisotopic (exact) mass is 352 g/mol. The van der Waals surface area contributed by atoms with E-state index in [0.717, 1.165) is 22.2 Å². The van der Waals surface area contributed by atoms with Crippen molar-refractivity contribution >= 4 is 46.2 Å². The van der Waals surface area contributed by atoms with Crippen LogP contribution in [0.5, 0.6) is 0 Å². The number of amidine groups is 1. The number of hydrogen-bond acceptors (Lipinski definition) is 3. The summed E-state index contributed by atoms with van der Waals surface area (Å²) in [6.45, 7) is 7.89. The Morgan fingerprint density at radius 3 is 2.77 bits per heavy atom. The zero-order valence-electron chi connectivity index (χ0n) is 12.6. The first kappa shape index (κ1) is 17.2. The van der Waals surface area contributed by atoms with Crippen LogP contribution in [0.2, 0.25) is 10.0 Å². The molecule has 2 rings (SSSR count). The molecule has 1 aromatic carbocycles. The minimum Gasteiger partial charge on any atom is -0.335 e. The number of halogens is 2. The molecule has 2 nitrogen and oxygen atoms in total. The van der Waals surface area contributed by atoms with Gasteiger partial charge in [-0.3, -0.25) is 4.99 Å². The predicted molar refractivity (Wildman–Crippen MR) is 101 cm³/mol. The molecule has 0 aromatic heterocycles. The minimum absolute atomic E-state index is 0.238. The highest BCUT2D eigenvalue weighted by Gasteiger charge is 2.20. The van der Waals surface area contributed by atoms with Gasteiger partial charge in [0.15, 0.2) is 5.17 Å². The van der Waals surface area contributed by atoms with Crippen molar-refractivity contribution in [2.75, 3.05) is 5.75 Å². The maximum atomic E-state index is 6.19. The fourth-order valence-corrected chi connectivity index (χ4v) is 3.21. The third kappa shape index (κ3) is 4.94. The lowest BCUT2D eigenvalue weighted by Crippen LogP contribution is -2.31. The molecular formula is C17H18Cl2N2S. The van der Waals surface area contributed by atoms with Gasteiger partial charge < -0.3 is 5.32 Å². The Labute approximate surface area is 146 Å². The molecule has 0 radical (unpaired) electrons. The summed E-state index contributed by atoms with van der Waals surface area (Å²) in [4.78, 5) is 4.65. The second-order valence-corrected chi connectivity index (χ2v) is 7.25. The summed E-state index contributed by atoms with van der Waals surface area (Å²) in [5, 5.41) is 5.48. The van der Waals surface area contributed by atoms with Gasteiger partial charge in [0, 0.05) is 21.5 Å². The van der Waals surface area contributed by atoms with Gasteiger partial charge >= 0.3 is 0 Å². The summed E-state index contributed by atoms with van der Waals surface area (Å²) >= 11 is 13.7. The van der Waals surface area contributed by atoms with E-state index < -0.39 is 0 Å². The Morgan fingerprint density at radius 1 is 1.32 bits per heavy atom. The fourth-order valence-electron chi connectivity index (χ4n) is 1.97. The van der Waals surface area contributed by atoms with Gasteiger partial charge in [-0.05, 0) is 43.7 Å². The van der Waals surface area contributed by atoms with Crippen LogP contribution in [0.4, 0.5) is 0 Å². The van der Waals surface area contributed by atoms with Crippen molar-refractivity contribution in [2.45, 2.75) is 19.4 Å². The molecule has 0 atom stereocenters. The van der Waals surface area contributed by atoms with E-state index in [2.05, 4.69) is 36.8 Å². The second-order valence-electron chi connectivity index (χ2n) is 5.39. The van der Waals surface area contributed by atoms with Crippen LogP contribution >= 0.6 is 35.0 Å². The molecule has 0 spiro atoms. The number of aliphatic imine (C=N–C) groups is 1. The highest BCUT2D eigenvalue weighted by molar-refractivity contribution is 8.13. The van der Waals surface area contributed by atoms with Crippen LogP contribution in [-0.2, 0) is 0 Å². The van der Waals surface area contributed by atoms with Crippen LogP contribution in [-0.4, -0.2) is 16.5 Å². The SMILES string of the molecule is C=CCSC1=NC(C)(C)C=C(/C=C/c2ccc(Cl)cc2Cl)N1. The molecule has 1 aliphatic rings. The maximum Gasteiger partial charge on any atom is 0.162 e. The summed E-state index contributed by atoms with van der Waals surface area (Å²) in [5.74, 6) is 0.821. The molecule has 1 heterocycles. The first-order chi connectivity index (χ1) is 10.4. The van der Waals surface area contributed by atoms with E-state index in [9.17, 15) is 0 Å².